The number of carbonyl (C=O) groups is 5. The molecular weight excluding hydrogens is 963 g/mol. The summed E-state index contributed by atoms with van der Waals surface area (Å²) in [5.41, 5.74) is 5.47. The highest BCUT2D eigenvalue weighted by Crippen LogP contribution is 2.67. The molecule has 1 aromatic heterocycles. The van der Waals surface area contributed by atoms with E-state index in [-0.39, 0.29) is 55.5 Å². The zero-order chi connectivity index (χ0) is 52.2. The Morgan fingerprint density at radius 2 is 1.53 bits per heavy atom. The van der Waals surface area contributed by atoms with Gasteiger partial charge in [-0.25, -0.2) is 24.5 Å². The summed E-state index contributed by atoms with van der Waals surface area (Å²) in [5.74, 6) is 2.65. The number of amides is 5. The van der Waals surface area contributed by atoms with Gasteiger partial charge in [-0.1, -0.05) is 90.7 Å². The van der Waals surface area contributed by atoms with Crippen molar-refractivity contribution < 1.29 is 48.2 Å². The second-order valence-corrected chi connectivity index (χ2v) is 18.1. The minimum atomic E-state index is -2.22. The van der Waals surface area contributed by atoms with Crippen molar-refractivity contribution in [2.75, 3.05) is 55.7 Å². The highest BCUT2D eigenvalue weighted by Gasteiger charge is 2.76. The number of benzene rings is 5. The Hall–Kier alpha value is -9.19. The van der Waals surface area contributed by atoms with Crippen LogP contribution in [0.2, 0.25) is 0 Å². The number of carbonyl (C=O) groups excluding carboxylic acids is 5. The lowest BCUT2D eigenvalue weighted by Crippen LogP contribution is -2.59. The summed E-state index contributed by atoms with van der Waals surface area (Å²) in [6, 6.07) is 32.5. The van der Waals surface area contributed by atoms with Gasteiger partial charge in [0.1, 0.15) is 36.5 Å². The first kappa shape index (κ1) is 49.4. The smallest absolute Gasteiger partial charge is 0.421 e. The topological polar surface area (TPSA) is 253 Å². The van der Waals surface area contributed by atoms with Crippen LogP contribution in [0.15, 0.2) is 146 Å². The number of nitrogens with zero attached hydrogens (tertiary/aromatic N) is 7. The fraction of sp³-hybridized carbons (Fsp3) is 0.255. The molecule has 0 saturated carbocycles. The number of aliphatic hydroxyl groups excluding tert-OH is 1. The number of urea groups is 1. The molecule has 0 radical (unpaired) electrons. The van der Waals surface area contributed by atoms with E-state index in [1.54, 1.807) is 59.8 Å². The van der Waals surface area contributed by atoms with E-state index in [2.05, 4.69) is 27.1 Å². The lowest BCUT2D eigenvalue weighted by molar-refractivity contribution is -0.384. The monoisotopic (exact) mass is 1010 g/mol. The van der Waals surface area contributed by atoms with E-state index in [1.807, 2.05) is 70.5 Å². The molecule has 5 amide bonds. The average Bonchev–Trinajstić information content (AvgIpc) is 4.06. The lowest BCUT2D eigenvalue weighted by Gasteiger charge is -2.46. The molecule has 20 nitrogen and oxygen atoms in total. The van der Waals surface area contributed by atoms with Crippen LogP contribution in [0.3, 0.4) is 0 Å². The minimum absolute atomic E-state index is 0.0289. The van der Waals surface area contributed by atoms with Gasteiger partial charge in [-0.05, 0) is 64.7 Å². The largest absolute Gasteiger partial charge is 0.491 e. The number of aromatic nitrogens is 2. The quantitative estimate of drug-likeness (QED) is 0.0622. The van der Waals surface area contributed by atoms with Crippen molar-refractivity contribution in [3.63, 3.8) is 0 Å². The van der Waals surface area contributed by atoms with E-state index < -0.39 is 77.0 Å². The number of anilines is 2. The molecule has 4 aliphatic heterocycles. The SMILES string of the molecule is NC(=O)NCC#Cc1ccc2c(c1)[C@]1(C(=O)N2C(=O)OCc2ccc([N+](=O)[O-])cc2)[C@H](c2ccccc2OCCO)N2[C@H](c3ccccc3)[C@H](c3ccccc3)OC(=O)[C@H]2[C@@H]1C(=O)N1CCN(c2ncccn2)CC1. The zero-order valence-corrected chi connectivity index (χ0v) is 40.1. The van der Waals surface area contributed by atoms with Crippen molar-refractivity contribution in [1.82, 2.24) is 25.1 Å². The summed E-state index contributed by atoms with van der Waals surface area (Å²) in [6.07, 6.45) is 1.09. The maximum Gasteiger partial charge on any atom is 0.421 e. The van der Waals surface area contributed by atoms with Crippen molar-refractivity contribution in [2.24, 2.45) is 11.7 Å². The van der Waals surface area contributed by atoms with E-state index in [0.717, 1.165) is 4.90 Å². The number of morpholine rings is 1. The van der Waals surface area contributed by atoms with Crippen LogP contribution in [0.25, 0.3) is 0 Å². The standard InChI is InChI=1S/C55H49N9O11/c56-52(69)57-24-9-11-35-20-23-42-41(33-35)55(51(68)62(42)54(70)74-34-36-18-21-39(22-19-36)64(71)72)44(49(66)60-27-29-61(30-28-60)53-58-25-10-26-59-53)46-50(67)75-47(38-14-5-2-6-15-38)45(37-12-3-1-4-13-37)63(46)48(55)40-16-7-8-17-43(40)73-32-31-65/h1-8,10,12-23,25-26,33,44-48,65H,24,27-32,34H2,(H3,56,57,69)/t44-,45-,46-,47+,48+,55-/m1/s1. The summed E-state index contributed by atoms with van der Waals surface area (Å²) < 4.78 is 18.8. The Balaban J connectivity index is 1.22. The Labute approximate surface area is 429 Å². The molecular formula is C55H49N9O11. The summed E-state index contributed by atoms with van der Waals surface area (Å²) in [6.45, 7) is -0.254. The molecule has 5 aromatic carbocycles. The van der Waals surface area contributed by atoms with Crippen LogP contribution in [0.5, 0.6) is 5.75 Å². The number of cyclic esters (lactones) is 1. The molecule has 75 heavy (non-hydrogen) atoms. The number of ether oxygens (including phenoxy) is 3. The lowest BCUT2D eigenvalue weighted by atomic mass is 9.64. The molecule has 1 spiro atoms. The van der Waals surface area contributed by atoms with Gasteiger partial charge in [0.2, 0.25) is 17.8 Å². The van der Waals surface area contributed by atoms with E-state index in [0.29, 0.717) is 46.9 Å². The second-order valence-electron chi connectivity index (χ2n) is 18.1. The average molecular weight is 1010 g/mol. The van der Waals surface area contributed by atoms with E-state index >= 15 is 14.4 Å². The van der Waals surface area contributed by atoms with Gasteiger partial charge in [0.05, 0.1) is 41.8 Å². The number of rotatable bonds is 12. The van der Waals surface area contributed by atoms with Gasteiger partial charge in [0.15, 0.2) is 0 Å². The first-order valence-electron chi connectivity index (χ1n) is 24.1. The zero-order valence-electron chi connectivity index (χ0n) is 40.1. The van der Waals surface area contributed by atoms with Crippen molar-refractivity contribution in [3.8, 4) is 17.6 Å². The number of piperazine rings is 1. The number of fused-ring (bicyclic) bond motifs is 3. The number of nitrogens with one attached hydrogen (secondary N) is 1. The van der Waals surface area contributed by atoms with Crippen molar-refractivity contribution >= 4 is 47.2 Å². The first-order chi connectivity index (χ1) is 36.5. The van der Waals surface area contributed by atoms with Gasteiger partial charge < -0.3 is 40.2 Å². The molecule has 10 rings (SSSR count). The third-order valence-corrected chi connectivity index (χ3v) is 14.0. The van der Waals surface area contributed by atoms with Crippen molar-refractivity contribution in [2.45, 2.75) is 36.3 Å². The number of nitro benzene ring substituents is 1. The van der Waals surface area contributed by atoms with Gasteiger partial charge >= 0.3 is 18.1 Å². The fourth-order valence-electron chi connectivity index (χ4n) is 10.9. The number of esters is 1. The number of imide groups is 1. The number of primary amides is 1. The molecule has 0 aliphatic carbocycles. The first-order valence-corrected chi connectivity index (χ1v) is 24.1. The third kappa shape index (κ3) is 9.19. The molecule has 0 bridgehead atoms. The Bertz CT molecular complexity index is 3210. The van der Waals surface area contributed by atoms with Gasteiger partial charge in [-0.3, -0.25) is 29.4 Å². The predicted octanol–water partition coefficient (Wildman–Crippen LogP) is 5.13. The minimum Gasteiger partial charge on any atom is -0.491 e. The van der Waals surface area contributed by atoms with E-state index in [1.165, 1.54) is 30.3 Å². The number of hydrogen-bond acceptors (Lipinski definition) is 15. The van der Waals surface area contributed by atoms with Crippen LogP contribution in [-0.4, -0.2) is 112 Å². The van der Waals surface area contributed by atoms with Crippen LogP contribution >= 0.6 is 0 Å². The van der Waals surface area contributed by atoms with Crippen LogP contribution < -0.4 is 25.6 Å². The highest BCUT2D eigenvalue weighted by atomic mass is 16.6. The number of aliphatic hydroxyl groups is 1. The van der Waals surface area contributed by atoms with Crippen LogP contribution in [-0.2, 0) is 35.9 Å². The number of nitrogens with two attached hydrogens (primary N) is 1. The number of non-ortho nitro benzene ring substituents is 1. The highest BCUT2D eigenvalue weighted by molar-refractivity contribution is 6.23. The molecule has 0 unspecified atom stereocenters. The summed E-state index contributed by atoms with van der Waals surface area (Å²) in [7, 11) is 0. The Kier molecular flexibility index (Phi) is 13.9. The van der Waals surface area contributed by atoms with E-state index in [4.69, 9.17) is 19.9 Å². The van der Waals surface area contributed by atoms with Gasteiger partial charge in [0, 0.05) is 61.8 Å². The second kappa shape index (κ2) is 21.1. The molecule has 4 aliphatic rings. The van der Waals surface area contributed by atoms with Gasteiger partial charge in [-0.15, -0.1) is 0 Å². The van der Waals surface area contributed by atoms with Crippen LogP contribution in [0.4, 0.5) is 26.9 Å². The van der Waals surface area contributed by atoms with Gasteiger partial charge in [0.25, 0.3) is 5.69 Å². The Morgan fingerprint density at radius 3 is 2.21 bits per heavy atom. The maximum atomic E-state index is 16.8. The summed E-state index contributed by atoms with van der Waals surface area (Å²) in [5, 5.41) is 24.1. The molecule has 6 atom stereocenters. The molecule has 6 aromatic rings. The molecule has 3 fully saturated rings. The van der Waals surface area contributed by atoms with Crippen molar-refractivity contribution in [3.05, 3.63) is 189 Å². The molecule has 5 heterocycles. The van der Waals surface area contributed by atoms with Crippen LogP contribution in [0, 0.1) is 27.9 Å². The fourth-order valence-corrected chi connectivity index (χ4v) is 10.9. The van der Waals surface area contributed by atoms with Crippen LogP contribution in [0.1, 0.15) is 51.6 Å². The normalized spacial score (nSPS) is 21.8. The van der Waals surface area contributed by atoms with Gasteiger partial charge in [-0.2, -0.15) is 0 Å². The maximum absolute atomic E-state index is 16.8. The van der Waals surface area contributed by atoms with E-state index in [9.17, 15) is 24.8 Å². The molecule has 4 N–H and O–H groups in total. The third-order valence-electron chi connectivity index (χ3n) is 14.0. The molecule has 380 valence electrons. The summed E-state index contributed by atoms with van der Waals surface area (Å²) >= 11 is 0. The number of para-hydroxylation sites is 1. The number of hydrogen-bond donors (Lipinski definition) is 3. The Morgan fingerprint density at radius 1 is 0.853 bits per heavy atom. The summed E-state index contributed by atoms with van der Waals surface area (Å²) in [4.78, 5) is 101. The predicted molar refractivity (Wildman–Crippen MR) is 270 cm³/mol. The van der Waals surface area contributed by atoms with Crippen molar-refractivity contribution in [1.29, 1.82) is 0 Å². The number of nitro groups is 1. The molecule has 3 saturated heterocycles. The molecule has 20 heteroatoms.